The number of hydrogen-bond donors (Lipinski definition) is 3. The van der Waals surface area contributed by atoms with E-state index in [0.717, 1.165) is 16.1 Å². The minimum atomic E-state index is -4.71. The molecule has 4 N–H and O–H groups in total. The Balaban J connectivity index is 1.89. The number of nitrogens with one attached hydrogen (secondary N) is 2. The van der Waals surface area contributed by atoms with Gasteiger partial charge in [-0.15, -0.1) is 0 Å². The fourth-order valence-electron chi connectivity index (χ4n) is 2.98. The Morgan fingerprint density at radius 3 is 2.41 bits per heavy atom. The molecule has 0 aliphatic carbocycles. The number of nitrogens with two attached hydrogens (primary N) is 1. The standard InChI is InChI=1S/C21H24F3N7O2S/c1-13(25)14-6-8-15(9-7-14)29-20-28-11-16(21(22,23)24)19(30-20)27-12-17-18(5-4-10-26-17)31(2)34(3,32)33/h4-11,13H,12,25H2,1-3H3,(H2,27,28,29,30)/t13-/m1/s1. The molecule has 2 heterocycles. The molecular weight excluding hydrogens is 471 g/mol. The number of pyridine rings is 1. The molecule has 0 spiro atoms. The molecule has 3 aromatic rings. The minimum absolute atomic E-state index is 0.0569. The molecule has 1 aromatic carbocycles. The van der Waals surface area contributed by atoms with Crippen LogP contribution in [0.3, 0.4) is 0 Å². The zero-order chi connectivity index (χ0) is 25.1. The molecule has 0 saturated carbocycles. The van der Waals surface area contributed by atoms with Crippen LogP contribution in [0.15, 0.2) is 48.8 Å². The van der Waals surface area contributed by atoms with Gasteiger partial charge in [0, 0.05) is 31.2 Å². The average molecular weight is 496 g/mol. The van der Waals surface area contributed by atoms with Gasteiger partial charge in [-0.3, -0.25) is 9.29 Å². The summed E-state index contributed by atoms with van der Waals surface area (Å²) in [5, 5.41) is 5.48. The number of aromatic nitrogens is 3. The lowest BCUT2D eigenvalue weighted by Crippen LogP contribution is -2.26. The maximum atomic E-state index is 13.6. The van der Waals surface area contributed by atoms with Crippen LogP contribution in [0.5, 0.6) is 0 Å². The van der Waals surface area contributed by atoms with Gasteiger partial charge in [0.2, 0.25) is 16.0 Å². The first-order valence-corrected chi connectivity index (χ1v) is 11.9. The molecule has 1 atom stereocenters. The molecule has 0 saturated heterocycles. The highest BCUT2D eigenvalue weighted by molar-refractivity contribution is 7.92. The predicted octanol–water partition coefficient (Wildman–Crippen LogP) is 3.66. The van der Waals surface area contributed by atoms with Gasteiger partial charge in [-0.1, -0.05) is 12.1 Å². The second-order valence-electron chi connectivity index (χ2n) is 7.54. The third kappa shape index (κ3) is 6.11. The Bertz CT molecular complexity index is 1250. The summed E-state index contributed by atoms with van der Waals surface area (Å²) in [6.45, 7) is 1.62. The molecule has 2 aromatic heterocycles. The monoisotopic (exact) mass is 495 g/mol. The van der Waals surface area contributed by atoms with Crippen molar-refractivity contribution in [1.82, 2.24) is 15.0 Å². The van der Waals surface area contributed by atoms with Gasteiger partial charge >= 0.3 is 6.18 Å². The van der Waals surface area contributed by atoms with E-state index in [4.69, 9.17) is 5.73 Å². The van der Waals surface area contributed by atoms with Gasteiger partial charge in [0.1, 0.15) is 11.4 Å². The van der Waals surface area contributed by atoms with E-state index in [1.165, 1.54) is 25.4 Å². The second-order valence-corrected chi connectivity index (χ2v) is 9.56. The van der Waals surface area contributed by atoms with Gasteiger partial charge in [-0.2, -0.15) is 18.2 Å². The number of rotatable bonds is 8. The predicted molar refractivity (Wildman–Crippen MR) is 124 cm³/mol. The molecular formula is C21H24F3N7O2S. The number of benzene rings is 1. The number of nitrogens with zero attached hydrogens (tertiary/aromatic N) is 4. The van der Waals surface area contributed by atoms with Crippen molar-refractivity contribution in [3.8, 4) is 0 Å². The third-order valence-electron chi connectivity index (χ3n) is 4.91. The molecule has 3 rings (SSSR count). The summed E-state index contributed by atoms with van der Waals surface area (Å²) in [7, 11) is -2.27. The van der Waals surface area contributed by atoms with E-state index in [1.807, 2.05) is 6.92 Å². The number of anilines is 4. The molecule has 0 amide bonds. The van der Waals surface area contributed by atoms with Crippen LogP contribution in [0.4, 0.5) is 36.3 Å². The first-order valence-electron chi connectivity index (χ1n) is 10.0. The van der Waals surface area contributed by atoms with Gasteiger partial charge in [-0.25, -0.2) is 13.4 Å². The largest absolute Gasteiger partial charge is 0.421 e. The first-order chi connectivity index (χ1) is 15.9. The Morgan fingerprint density at radius 2 is 1.82 bits per heavy atom. The average Bonchev–Trinajstić information content (AvgIpc) is 2.76. The molecule has 0 aliphatic rings. The second kappa shape index (κ2) is 9.81. The van der Waals surface area contributed by atoms with Crippen molar-refractivity contribution in [1.29, 1.82) is 0 Å². The molecule has 34 heavy (non-hydrogen) atoms. The van der Waals surface area contributed by atoms with Crippen molar-refractivity contribution < 1.29 is 21.6 Å². The summed E-state index contributed by atoms with van der Waals surface area (Å²) in [6, 6.07) is 9.89. The number of sulfonamides is 1. The lowest BCUT2D eigenvalue weighted by atomic mass is 10.1. The normalized spacial score (nSPS) is 12.8. The number of alkyl halides is 3. The maximum Gasteiger partial charge on any atom is 0.421 e. The van der Waals surface area contributed by atoms with E-state index < -0.39 is 27.6 Å². The summed E-state index contributed by atoms with van der Waals surface area (Å²) in [6.07, 6.45) is -1.60. The highest BCUT2D eigenvalue weighted by Crippen LogP contribution is 2.34. The third-order valence-corrected chi connectivity index (χ3v) is 6.10. The SMILES string of the molecule is C[C@@H](N)c1ccc(Nc2ncc(C(F)(F)F)c(NCc3ncccc3N(C)S(C)(=O)=O)n2)cc1. The fraction of sp³-hybridized carbons (Fsp3) is 0.286. The van der Waals surface area contributed by atoms with Crippen LogP contribution in [0.2, 0.25) is 0 Å². The van der Waals surface area contributed by atoms with E-state index in [-0.39, 0.29) is 29.9 Å². The zero-order valence-electron chi connectivity index (χ0n) is 18.6. The van der Waals surface area contributed by atoms with Gasteiger partial charge in [0.25, 0.3) is 0 Å². The Hall–Kier alpha value is -3.45. The van der Waals surface area contributed by atoms with Gasteiger partial charge in [-0.05, 0) is 36.8 Å². The Morgan fingerprint density at radius 1 is 1.15 bits per heavy atom. The van der Waals surface area contributed by atoms with Crippen molar-refractivity contribution in [2.75, 3.05) is 28.2 Å². The van der Waals surface area contributed by atoms with Gasteiger partial charge in [0.05, 0.1) is 24.2 Å². The maximum absolute atomic E-state index is 13.6. The number of halogens is 3. The molecule has 0 unspecified atom stereocenters. The van der Waals surface area contributed by atoms with Crippen molar-refractivity contribution in [3.05, 3.63) is 65.6 Å². The Kier molecular flexibility index (Phi) is 7.26. The minimum Gasteiger partial charge on any atom is -0.364 e. The van der Waals surface area contributed by atoms with E-state index in [0.29, 0.717) is 11.9 Å². The van der Waals surface area contributed by atoms with Crippen LogP contribution in [-0.4, -0.2) is 36.7 Å². The topological polar surface area (TPSA) is 126 Å². The van der Waals surface area contributed by atoms with Crippen LogP contribution in [0.1, 0.15) is 29.8 Å². The van der Waals surface area contributed by atoms with E-state index in [2.05, 4.69) is 25.6 Å². The molecule has 13 heteroatoms. The lowest BCUT2D eigenvalue weighted by Gasteiger charge is -2.20. The summed E-state index contributed by atoms with van der Waals surface area (Å²) in [5.74, 6) is -0.533. The smallest absolute Gasteiger partial charge is 0.364 e. The summed E-state index contributed by atoms with van der Waals surface area (Å²) < 4.78 is 65.5. The van der Waals surface area contributed by atoms with Crippen LogP contribution in [-0.2, 0) is 22.7 Å². The van der Waals surface area contributed by atoms with Gasteiger partial charge < -0.3 is 16.4 Å². The van der Waals surface area contributed by atoms with Crippen LogP contribution in [0, 0.1) is 0 Å². The highest BCUT2D eigenvalue weighted by atomic mass is 32.2. The zero-order valence-corrected chi connectivity index (χ0v) is 19.4. The van der Waals surface area contributed by atoms with Crippen molar-refractivity contribution in [2.24, 2.45) is 5.73 Å². The van der Waals surface area contributed by atoms with Gasteiger partial charge in [0.15, 0.2) is 0 Å². The van der Waals surface area contributed by atoms with E-state index in [1.54, 1.807) is 24.3 Å². The highest BCUT2D eigenvalue weighted by Gasteiger charge is 2.35. The lowest BCUT2D eigenvalue weighted by molar-refractivity contribution is -0.137. The molecule has 0 radical (unpaired) electrons. The molecule has 0 aliphatic heterocycles. The van der Waals surface area contributed by atoms with Crippen LogP contribution in [0.25, 0.3) is 0 Å². The summed E-state index contributed by atoms with van der Waals surface area (Å²) >= 11 is 0. The molecule has 182 valence electrons. The molecule has 0 bridgehead atoms. The Labute approximate surface area is 195 Å². The van der Waals surface area contributed by atoms with Crippen molar-refractivity contribution >= 4 is 33.2 Å². The number of hydrogen-bond acceptors (Lipinski definition) is 8. The van der Waals surface area contributed by atoms with E-state index in [9.17, 15) is 21.6 Å². The van der Waals surface area contributed by atoms with Crippen molar-refractivity contribution in [3.63, 3.8) is 0 Å². The molecule has 0 fully saturated rings. The quantitative estimate of drug-likeness (QED) is 0.432. The fourth-order valence-corrected chi connectivity index (χ4v) is 3.51. The summed E-state index contributed by atoms with van der Waals surface area (Å²) in [5.41, 5.74) is 6.67. The van der Waals surface area contributed by atoms with Crippen LogP contribution >= 0.6 is 0 Å². The van der Waals surface area contributed by atoms with Crippen LogP contribution < -0.4 is 20.7 Å². The first kappa shape index (κ1) is 25.2. The van der Waals surface area contributed by atoms with Crippen molar-refractivity contribution in [2.45, 2.75) is 25.7 Å². The van der Waals surface area contributed by atoms with E-state index >= 15 is 0 Å². The molecule has 9 nitrogen and oxygen atoms in total. The summed E-state index contributed by atoms with van der Waals surface area (Å²) in [4.78, 5) is 11.9.